The molecule has 0 saturated heterocycles. The number of ketones is 1. The van der Waals surface area contributed by atoms with Crippen molar-refractivity contribution in [3.63, 3.8) is 0 Å². The van der Waals surface area contributed by atoms with Gasteiger partial charge < -0.3 is 4.57 Å². The second-order valence-electron chi connectivity index (χ2n) is 7.17. The minimum atomic E-state index is 0.228. The van der Waals surface area contributed by atoms with E-state index >= 15 is 0 Å². The monoisotopic (exact) mass is 324 g/mol. The van der Waals surface area contributed by atoms with Gasteiger partial charge >= 0.3 is 0 Å². The van der Waals surface area contributed by atoms with Crippen molar-refractivity contribution in [3.05, 3.63) is 58.9 Å². The Labute approximate surface area is 145 Å². The van der Waals surface area contributed by atoms with Gasteiger partial charge in [0.15, 0.2) is 5.78 Å². The Morgan fingerprint density at radius 1 is 1.17 bits per heavy atom. The van der Waals surface area contributed by atoms with Crippen LogP contribution in [0.25, 0.3) is 0 Å². The SMILES string of the molecule is Cc1cc(C(=O)CN(C)Cc2ccccc2)c(C)n1C1CCCC1. The molecule has 0 aliphatic heterocycles. The van der Waals surface area contributed by atoms with Gasteiger partial charge in [0.1, 0.15) is 0 Å². The van der Waals surface area contributed by atoms with E-state index in [1.54, 1.807) is 0 Å². The summed E-state index contributed by atoms with van der Waals surface area (Å²) in [5.41, 5.74) is 4.52. The first-order chi connectivity index (χ1) is 11.6. The average Bonchev–Trinajstić information content (AvgIpc) is 3.16. The Morgan fingerprint density at radius 3 is 2.50 bits per heavy atom. The molecule has 0 amide bonds. The highest BCUT2D eigenvalue weighted by Crippen LogP contribution is 2.33. The van der Waals surface area contributed by atoms with Crippen molar-refractivity contribution >= 4 is 5.78 Å². The van der Waals surface area contributed by atoms with Crippen LogP contribution in [0, 0.1) is 13.8 Å². The smallest absolute Gasteiger partial charge is 0.178 e. The van der Waals surface area contributed by atoms with E-state index in [2.05, 4.69) is 41.5 Å². The van der Waals surface area contributed by atoms with Gasteiger partial charge in [-0.3, -0.25) is 9.69 Å². The van der Waals surface area contributed by atoms with E-state index in [-0.39, 0.29) is 5.78 Å². The molecule has 1 aliphatic rings. The highest BCUT2D eigenvalue weighted by atomic mass is 16.1. The summed E-state index contributed by atoms with van der Waals surface area (Å²) in [5, 5.41) is 0. The van der Waals surface area contributed by atoms with Gasteiger partial charge in [0.05, 0.1) is 6.54 Å². The molecule has 2 aromatic rings. The summed E-state index contributed by atoms with van der Waals surface area (Å²) in [4.78, 5) is 14.9. The number of carbonyl (C=O) groups excluding carboxylic acids is 1. The van der Waals surface area contributed by atoms with Gasteiger partial charge in [-0.2, -0.15) is 0 Å². The number of likely N-dealkylation sites (N-methyl/N-ethyl adjacent to an activating group) is 1. The van der Waals surface area contributed by atoms with Crippen LogP contribution in [-0.4, -0.2) is 28.8 Å². The van der Waals surface area contributed by atoms with Crippen LogP contribution < -0.4 is 0 Å². The molecular formula is C21H28N2O. The number of aromatic nitrogens is 1. The average molecular weight is 324 g/mol. The standard InChI is InChI=1S/C21H28N2O/c1-16-13-20(17(2)23(16)19-11-7-8-12-19)21(24)15-22(3)14-18-9-5-4-6-10-18/h4-6,9-10,13,19H,7-8,11-12,14-15H2,1-3H3. The number of hydrogen-bond donors (Lipinski definition) is 0. The Balaban J connectivity index is 1.70. The molecule has 0 atom stereocenters. The molecule has 0 spiro atoms. The zero-order valence-electron chi connectivity index (χ0n) is 15.1. The molecule has 0 radical (unpaired) electrons. The molecule has 0 unspecified atom stereocenters. The van der Waals surface area contributed by atoms with Crippen LogP contribution >= 0.6 is 0 Å². The Kier molecular flexibility index (Phi) is 5.20. The summed E-state index contributed by atoms with van der Waals surface area (Å²) in [6, 6.07) is 13.0. The zero-order chi connectivity index (χ0) is 17.1. The van der Waals surface area contributed by atoms with Crippen LogP contribution in [0.2, 0.25) is 0 Å². The minimum absolute atomic E-state index is 0.228. The van der Waals surface area contributed by atoms with E-state index in [1.807, 2.05) is 25.2 Å². The van der Waals surface area contributed by atoms with Gasteiger partial charge in [-0.25, -0.2) is 0 Å². The predicted molar refractivity (Wildman–Crippen MR) is 98.5 cm³/mol. The minimum Gasteiger partial charge on any atom is -0.345 e. The maximum atomic E-state index is 12.8. The van der Waals surface area contributed by atoms with Crippen LogP contribution in [0.5, 0.6) is 0 Å². The lowest BCUT2D eigenvalue weighted by molar-refractivity contribution is 0.0942. The largest absolute Gasteiger partial charge is 0.345 e. The molecule has 1 aromatic carbocycles. The first-order valence-electron chi connectivity index (χ1n) is 9.00. The van der Waals surface area contributed by atoms with Gasteiger partial charge in [-0.15, -0.1) is 0 Å². The predicted octanol–water partition coefficient (Wildman–Crippen LogP) is 4.53. The number of Topliss-reactive ketones (excluding diaryl/α,β-unsaturated/α-hetero) is 1. The van der Waals surface area contributed by atoms with E-state index in [4.69, 9.17) is 0 Å². The summed E-state index contributed by atoms with van der Waals surface area (Å²) in [7, 11) is 2.01. The summed E-state index contributed by atoms with van der Waals surface area (Å²) < 4.78 is 2.40. The van der Waals surface area contributed by atoms with Crippen LogP contribution in [0.1, 0.15) is 59.0 Å². The van der Waals surface area contributed by atoms with E-state index < -0.39 is 0 Å². The summed E-state index contributed by atoms with van der Waals surface area (Å²) in [6.07, 6.45) is 5.12. The number of carbonyl (C=O) groups is 1. The second-order valence-corrected chi connectivity index (χ2v) is 7.17. The van der Waals surface area contributed by atoms with Crippen LogP contribution in [0.4, 0.5) is 0 Å². The molecule has 1 fully saturated rings. The maximum absolute atomic E-state index is 12.8. The third kappa shape index (κ3) is 3.62. The lowest BCUT2D eigenvalue weighted by atomic mass is 10.1. The number of hydrogen-bond acceptors (Lipinski definition) is 2. The number of aryl methyl sites for hydroxylation is 1. The third-order valence-electron chi connectivity index (χ3n) is 5.18. The van der Waals surface area contributed by atoms with E-state index in [0.29, 0.717) is 12.6 Å². The molecule has 3 rings (SSSR count). The Hall–Kier alpha value is -1.87. The van der Waals surface area contributed by atoms with Gasteiger partial charge in [-0.05, 0) is 45.4 Å². The van der Waals surface area contributed by atoms with Crippen LogP contribution in [-0.2, 0) is 6.54 Å². The molecule has 0 N–H and O–H groups in total. The molecule has 1 aliphatic carbocycles. The van der Waals surface area contributed by atoms with E-state index in [1.165, 1.54) is 36.9 Å². The molecule has 24 heavy (non-hydrogen) atoms. The quantitative estimate of drug-likeness (QED) is 0.729. The Bertz CT molecular complexity index is 696. The highest BCUT2D eigenvalue weighted by molar-refractivity contribution is 5.99. The molecule has 1 aromatic heterocycles. The number of rotatable bonds is 6. The van der Waals surface area contributed by atoms with Crippen molar-refractivity contribution in [3.8, 4) is 0 Å². The van der Waals surface area contributed by atoms with Crippen molar-refractivity contribution in [1.29, 1.82) is 0 Å². The van der Waals surface area contributed by atoms with Crippen molar-refractivity contribution < 1.29 is 4.79 Å². The fourth-order valence-corrected chi connectivity index (χ4v) is 4.07. The molecule has 3 nitrogen and oxygen atoms in total. The van der Waals surface area contributed by atoms with Crippen LogP contribution in [0.3, 0.4) is 0 Å². The lowest BCUT2D eigenvalue weighted by Crippen LogP contribution is -2.26. The fourth-order valence-electron chi connectivity index (χ4n) is 4.07. The highest BCUT2D eigenvalue weighted by Gasteiger charge is 2.23. The van der Waals surface area contributed by atoms with Crippen LogP contribution in [0.15, 0.2) is 36.4 Å². The first kappa shape index (κ1) is 17.0. The molecule has 1 saturated carbocycles. The summed E-state index contributed by atoms with van der Waals surface area (Å²) in [5.74, 6) is 0.228. The Morgan fingerprint density at radius 2 is 1.83 bits per heavy atom. The summed E-state index contributed by atoms with van der Waals surface area (Å²) >= 11 is 0. The normalized spacial score (nSPS) is 15.3. The zero-order valence-corrected chi connectivity index (χ0v) is 15.1. The lowest BCUT2D eigenvalue weighted by Gasteiger charge is -2.18. The van der Waals surface area contributed by atoms with E-state index in [0.717, 1.165) is 17.8 Å². The van der Waals surface area contributed by atoms with Gasteiger partial charge in [0, 0.05) is 29.5 Å². The molecule has 1 heterocycles. The fraction of sp³-hybridized carbons (Fsp3) is 0.476. The molecular weight excluding hydrogens is 296 g/mol. The first-order valence-corrected chi connectivity index (χ1v) is 9.00. The summed E-state index contributed by atoms with van der Waals surface area (Å²) in [6.45, 7) is 5.50. The molecule has 3 heteroatoms. The maximum Gasteiger partial charge on any atom is 0.178 e. The molecule has 0 bridgehead atoms. The van der Waals surface area contributed by atoms with Gasteiger partial charge in [-0.1, -0.05) is 43.2 Å². The van der Waals surface area contributed by atoms with Crippen molar-refractivity contribution in [1.82, 2.24) is 9.47 Å². The van der Waals surface area contributed by atoms with Crippen molar-refractivity contribution in [2.75, 3.05) is 13.6 Å². The number of benzene rings is 1. The topological polar surface area (TPSA) is 25.2 Å². The molecule has 128 valence electrons. The number of nitrogens with zero attached hydrogens (tertiary/aromatic N) is 2. The van der Waals surface area contributed by atoms with E-state index in [9.17, 15) is 4.79 Å². The van der Waals surface area contributed by atoms with Crippen molar-refractivity contribution in [2.24, 2.45) is 0 Å². The van der Waals surface area contributed by atoms with Gasteiger partial charge in [0.2, 0.25) is 0 Å². The van der Waals surface area contributed by atoms with Crippen molar-refractivity contribution in [2.45, 2.75) is 52.1 Å². The second kappa shape index (κ2) is 7.35. The van der Waals surface area contributed by atoms with Gasteiger partial charge in [0.25, 0.3) is 0 Å². The third-order valence-corrected chi connectivity index (χ3v) is 5.18.